The lowest BCUT2D eigenvalue weighted by molar-refractivity contribution is -0.804. The molecule has 0 aliphatic carbocycles. The molecule has 0 bridgehead atoms. The van der Waals surface area contributed by atoms with Gasteiger partial charge in [0, 0.05) is 12.2 Å². The smallest absolute Gasteiger partial charge is 0.480 e. The molecule has 0 fully saturated rings. The fourth-order valence-electron chi connectivity index (χ4n) is 3.72. The molecule has 1 N–H and O–H groups in total. The van der Waals surface area contributed by atoms with Crippen LogP contribution in [0.2, 0.25) is 0 Å². The molecule has 0 rings (SSSR count). The van der Waals surface area contributed by atoms with Crippen molar-refractivity contribution in [2.24, 2.45) is 0 Å². The van der Waals surface area contributed by atoms with Gasteiger partial charge < -0.3 is 4.55 Å². The maximum atomic E-state index is 10.7. The molecule has 0 saturated heterocycles. The van der Waals surface area contributed by atoms with Crippen molar-refractivity contribution >= 4 is 16.0 Å². The predicted molar refractivity (Wildman–Crippen MR) is 123 cm³/mol. The van der Waals surface area contributed by atoms with Gasteiger partial charge in [0.2, 0.25) is 0 Å². The van der Waals surface area contributed by atoms with Crippen molar-refractivity contribution in [3.8, 4) is 0 Å². The van der Waals surface area contributed by atoms with E-state index in [1.54, 1.807) is 0 Å². The summed E-state index contributed by atoms with van der Waals surface area (Å²) in [6, 6.07) is 0. The van der Waals surface area contributed by atoms with E-state index in [1.165, 1.54) is 83.5 Å². The molecule has 0 aliphatic heterocycles. The molecule has 0 heterocycles. The van der Waals surface area contributed by atoms with E-state index in [2.05, 4.69) is 6.92 Å². The molecule has 0 aromatic rings. The van der Waals surface area contributed by atoms with Crippen LogP contribution in [0.5, 0.6) is 0 Å². The van der Waals surface area contributed by atoms with E-state index in [0.29, 0.717) is 18.9 Å². The molecule has 174 valence electrons. The highest BCUT2D eigenvalue weighted by molar-refractivity contribution is 7.85. The van der Waals surface area contributed by atoms with Crippen molar-refractivity contribution in [1.82, 2.24) is 0 Å². The van der Waals surface area contributed by atoms with Crippen LogP contribution >= 0.6 is 0 Å². The van der Waals surface area contributed by atoms with Gasteiger partial charge in [-0.1, -0.05) is 96.8 Å². The van der Waals surface area contributed by atoms with Gasteiger partial charge in [0.1, 0.15) is 6.42 Å². The average Bonchev–Trinajstić information content (AvgIpc) is 2.63. The fraction of sp³-hybridized carbons (Fsp3) is 0.957. The molecule has 0 unspecified atom stereocenters. The largest absolute Gasteiger partial charge is 0.748 e. The molecule has 6 heteroatoms. The standard InChI is InChI=1S/C23H47NO4S/c1-4-5-6-7-8-9-10-11-12-13-14-15-16-17-18-20-23(25)24(2,3)21-19-22-29(26,27)28/h4-22H2,1-3H3/p+1. The normalized spacial score (nSPS) is 12.4. The van der Waals surface area contributed by atoms with Crippen LogP contribution in [0.3, 0.4) is 0 Å². The van der Waals surface area contributed by atoms with Gasteiger partial charge in [-0.2, -0.15) is 0 Å². The van der Waals surface area contributed by atoms with Gasteiger partial charge in [0.05, 0.1) is 30.8 Å². The number of amides is 1. The van der Waals surface area contributed by atoms with Gasteiger partial charge in [0.25, 0.3) is 0 Å². The number of hydrogen-bond donors (Lipinski definition) is 0. The van der Waals surface area contributed by atoms with Crippen molar-refractivity contribution in [2.45, 2.75) is 116 Å². The molecular formula is C23H48NO4S+. The summed E-state index contributed by atoms with van der Waals surface area (Å²) in [7, 11) is -0.449. The zero-order chi connectivity index (χ0) is 22.0. The Labute approximate surface area is 181 Å². The Morgan fingerprint density at radius 2 is 1.10 bits per heavy atom. The van der Waals surface area contributed by atoms with Gasteiger partial charge in [0.15, 0.2) is 0 Å². The highest BCUT2D eigenvalue weighted by atomic mass is 32.2. The van der Waals surface area contributed by atoms with Crippen LogP contribution in [0.15, 0.2) is 0 Å². The highest BCUT2D eigenvalue weighted by Gasteiger charge is 2.31. The molecule has 5 nitrogen and oxygen atoms in total. The van der Waals surface area contributed by atoms with Crippen LogP contribution < -0.4 is 0 Å². The molecule has 0 aromatic carbocycles. The van der Waals surface area contributed by atoms with Crippen molar-refractivity contribution in [1.29, 1.82) is 0 Å². The Balaban J connectivity index is 3.48. The summed E-state index contributed by atoms with van der Waals surface area (Å²) in [5, 5.41) is 0. The van der Waals surface area contributed by atoms with Crippen LogP contribution in [-0.2, 0) is 10.1 Å². The van der Waals surface area contributed by atoms with E-state index in [0.717, 1.165) is 12.8 Å². The van der Waals surface area contributed by atoms with Crippen LogP contribution in [0, 0.1) is 0 Å². The van der Waals surface area contributed by atoms with Crippen LogP contribution in [0.1, 0.15) is 116 Å². The van der Waals surface area contributed by atoms with Crippen LogP contribution in [0.25, 0.3) is 0 Å². The monoisotopic (exact) mass is 434 g/mol. The molecule has 29 heavy (non-hydrogen) atoms. The van der Waals surface area contributed by atoms with E-state index in [1.807, 2.05) is 14.1 Å². The van der Waals surface area contributed by atoms with Gasteiger partial charge in [-0.15, -0.1) is 0 Å². The van der Waals surface area contributed by atoms with Crippen LogP contribution in [0.4, 0.5) is 0 Å². The third-order valence-electron chi connectivity index (χ3n) is 5.81. The zero-order valence-electron chi connectivity index (χ0n) is 19.5. The summed E-state index contributed by atoms with van der Waals surface area (Å²) >= 11 is 0. The summed E-state index contributed by atoms with van der Waals surface area (Å²) < 4.78 is 32.3. The topological polar surface area (TPSA) is 78.6 Å². The van der Waals surface area contributed by atoms with Crippen LogP contribution in [-0.4, -0.2) is 54.5 Å². The number of unbranched alkanes of at least 4 members (excludes halogenated alkanes) is 14. The molecule has 0 aliphatic rings. The Kier molecular flexibility index (Phi) is 17.0. The van der Waals surface area contributed by atoms with E-state index < -0.39 is 10.1 Å². The maximum absolute atomic E-state index is 10.7. The molecule has 0 spiro atoms. The number of rotatable bonds is 20. The second-order valence-electron chi connectivity index (χ2n) is 9.14. The summed E-state index contributed by atoms with van der Waals surface area (Å²) in [5.74, 6) is 0.0176. The number of nitrogens with zero attached hydrogens (tertiary/aromatic N) is 1. The number of hydrogen-bond acceptors (Lipinski definition) is 3. The first kappa shape index (κ1) is 28.5. The second-order valence-corrected chi connectivity index (χ2v) is 10.7. The third kappa shape index (κ3) is 19.3. The molecule has 0 radical (unpaired) electrons. The fourth-order valence-corrected chi connectivity index (χ4v) is 4.21. The minimum absolute atomic E-state index is 0.272. The first-order valence-electron chi connectivity index (χ1n) is 12.0. The van der Waals surface area contributed by atoms with Crippen molar-refractivity contribution < 1.29 is 22.2 Å². The predicted octanol–water partition coefficient (Wildman–Crippen LogP) is 5.76. The van der Waals surface area contributed by atoms with E-state index >= 15 is 0 Å². The van der Waals surface area contributed by atoms with Gasteiger partial charge in [-0.05, 0) is 6.42 Å². The first-order chi connectivity index (χ1) is 13.7. The molecule has 0 atom stereocenters. The molecule has 0 aromatic heterocycles. The SMILES string of the molecule is CCCCCCCCCCCCCCCCCC(=[OH+])[N+](C)(C)CCCS(=O)(=O)[O-]. The lowest BCUT2D eigenvalue weighted by atomic mass is 10.0. The molecule has 0 saturated carbocycles. The molecular weight excluding hydrogens is 386 g/mol. The Morgan fingerprint density at radius 3 is 1.48 bits per heavy atom. The van der Waals surface area contributed by atoms with Gasteiger partial charge >= 0.3 is 5.91 Å². The van der Waals surface area contributed by atoms with Gasteiger partial charge in [-0.25, -0.2) is 17.7 Å². The minimum atomic E-state index is -4.17. The lowest BCUT2D eigenvalue weighted by Gasteiger charge is -2.22. The summed E-state index contributed by atoms with van der Waals surface area (Å²) in [6.45, 7) is 2.73. The number of quaternary nitrogens is 1. The third-order valence-corrected chi connectivity index (χ3v) is 6.60. The highest BCUT2D eigenvalue weighted by Crippen LogP contribution is 2.14. The summed E-state index contributed by atoms with van der Waals surface area (Å²) in [5.41, 5.74) is 0. The van der Waals surface area contributed by atoms with Crippen molar-refractivity contribution in [3.63, 3.8) is 0 Å². The quantitative estimate of drug-likeness (QED) is 0.106. The average molecular weight is 435 g/mol. The first-order valence-corrected chi connectivity index (χ1v) is 13.6. The summed E-state index contributed by atoms with van der Waals surface area (Å²) in [4.78, 5) is 10.3. The van der Waals surface area contributed by atoms with E-state index in [-0.39, 0.29) is 16.7 Å². The molecule has 1 amide bonds. The Hall–Kier alpha value is -0.460. The lowest BCUT2D eigenvalue weighted by Crippen LogP contribution is -2.46. The van der Waals surface area contributed by atoms with E-state index in [4.69, 9.17) is 0 Å². The maximum Gasteiger partial charge on any atom is 0.480 e. The summed E-state index contributed by atoms with van der Waals surface area (Å²) in [6.07, 6.45) is 20.7. The van der Waals surface area contributed by atoms with Crippen molar-refractivity contribution in [2.75, 3.05) is 26.4 Å². The van der Waals surface area contributed by atoms with E-state index in [9.17, 15) is 17.8 Å². The second kappa shape index (κ2) is 17.2. The zero-order valence-corrected chi connectivity index (χ0v) is 20.3. The minimum Gasteiger partial charge on any atom is -0.748 e. The van der Waals surface area contributed by atoms with Crippen molar-refractivity contribution in [3.05, 3.63) is 0 Å². The number of carbonyl (C=O) groups excluding carboxylic acids is 1. The van der Waals surface area contributed by atoms with Gasteiger partial charge in [-0.3, -0.25) is 0 Å². The Bertz CT molecular complexity index is 503. The Morgan fingerprint density at radius 1 is 0.724 bits per heavy atom.